The molecule has 1 atom stereocenters. The van der Waals surface area contributed by atoms with Gasteiger partial charge in [-0.05, 0) is 12.7 Å². The van der Waals surface area contributed by atoms with Crippen LogP contribution in [0.25, 0.3) is 0 Å². The van der Waals surface area contributed by atoms with E-state index in [0.717, 1.165) is 23.5 Å². The number of nitriles is 1. The smallest absolute Gasteiger partial charge is 0.407 e. The molecule has 9 heteroatoms. The number of anilines is 1. The van der Waals surface area contributed by atoms with Crippen LogP contribution in [-0.4, -0.2) is 70.8 Å². The molecule has 1 aromatic rings. The highest BCUT2D eigenvalue weighted by Crippen LogP contribution is 2.28. The van der Waals surface area contributed by atoms with Gasteiger partial charge in [0.2, 0.25) is 0 Å². The second-order valence-corrected chi connectivity index (χ2v) is 6.39. The van der Waals surface area contributed by atoms with Gasteiger partial charge in [-0.1, -0.05) is 11.8 Å². The van der Waals surface area contributed by atoms with Crippen molar-refractivity contribution < 1.29 is 9.90 Å². The van der Waals surface area contributed by atoms with E-state index in [0.29, 0.717) is 31.3 Å². The fourth-order valence-electron chi connectivity index (χ4n) is 3.07. The van der Waals surface area contributed by atoms with E-state index in [9.17, 15) is 9.90 Å². The summed E-state index contributed by atoms with van der Waals surface area (Å²) < 4.78 is 0. The van der Waals surface area contributed by atoms with Gasteiger partial charge in [-0.25, -0.2) is 14.8 Å². The van der Waals surface area contributed by atoms with E-state index in [2.05, 4.69) is 25.9 Å². The van der Waals surface area contributed by atoms with Crippen LogP contribution in [-0.2, 0) is 6.42 Å². The summed E-state index contributed by atoms with van der Waals surface area (Å²) in [4.78, 5) is 28.3. The van der Waals surface area contributed by atoms with Gasteiger partial charge in [-0.2, -0.15) is 5.26 Å². The van der Waals surface area contributed by atoms with Gasteiger partial charge < -0.3 is 14.9 Å². The number of rotatable bonds is 3. The van der Waals surface area contributed by atoms with Gasteiger partial charge in [-0.3, -0.25) is 4.99 Å². The number of hydrogen-bond acceptors (Lipinski definition) is 7. The molecule has 0 aliphatic carbocycles. The molecule has 0 unspecified atom stereocenters. The molecule has 1 saturated heterocycles. The Morgan fingerprint density at radius 2 is 2.33 bits per heavy atom. The fourth-order valence-corrected chi connectivity index (χ4v) is 3.44. The number of nitrogens with zero attached hydrogens (tertiary/aromatic N) is 6. The van der Waals surface area contributed by atoms with Gasteiger partial charge in [0, 0.05) is 38.0 Å². The average molecular weight is 346 g/mol. The van der Waals surface area contributed by atoms with Crippen molar-refractivity contribution in [2.75, 3.05) is 37.3 Å². The zero-order chi connectivity index (χ0) is 17.1. The van der Waals surface area contributed by atoms with E-state index in [1.54, 1.807) is 6.21 Å². The summed E-state index contributed by atoms with van der Waals surface area (Å²) in [6, 6.07) is 1.74. The molecule has 3 rings (SSSR count). The molecule has 2 aliphatic heterocycles. The summed E-state index contributed by atoms with van der Waals surface area (Å²) in [5, 5.41) is 19.0. The average Bonchev–Trinajstić information content (AvgIpc) is 2.60. The topological polar surface area (TPSA) is 106 Å². The van der Waals surface area contributed by atoms with E-state index in [-0.39, 0.29) is 12.5 Å². The summed E-state index contributed by atoms with van der Waals surface area (Å²) in [7, 11) is 0. The molecule has 0 bridgehead atoms. The second-order valence-electron chi connectivity index (χ2n) is 5.62. The highest BCUT2D eigenvalue weighted by atomic mass is 32.2. The van der Waals surface area contributed by atoms with Crippen LogP contribution in [0.5, 0.6) is 0 Å². The molecular weight excluding hydrogens is 328 g/mol. The molecule has 1 fully saturated rings. The van der Waals surface area contributed by atoms with Crippen LogP contribution in [0, 0.1) is 11.3 Å². The van der Waals surface area contributed by atoms with Gasteiger partial charge in [0.1, 0.15) is 5.82 Å². The predicted octanol–water partition coefficient (Wildman–Crippen LogP) is 1.26. The Kier molecular flexibility index (Phi) is 4.85. The largest absolute Gasteiger partial charge is 0.465 e. The lowest BCUT2D eigenvalue weighted by molar-refractivity contribution is 0.119. The number of carboxylic acid groups (broad SMARTS) is 1. The molecular formula is C15H18N6O2S. The SMILES string of the molecule is CSc1nc2c(c(N3CCN(C(=O)O)[C@@H](CC#N)C3)n1)CCN=C2. The highest BCUT2D eigenvalue weighted by molar-refractivity contribution is 7.98. The Labute approximate surface area is 144 Å². The molecule has 24 heavy (non-hydrogen) atoms. The first-order valence-electron chi connectivity index (χ1n) is 7.70. The van der Waals surface area contributed by atoms with Crippen molar-refractivity contribution >= 4 is 29.9 Å². The molecule has 2 aliphatic rings. The van der Waals surface area contributed by atoms with Crippen LogP contribution >= 0.6 is 11.8 Å². The third-order valence-corrected chi connectivity index (χ3v) is 4.79. The molecule has 1 amide bonds. The lowest BCUT2D eigenvalue weighted by atomic mass is 10.1. The Bertz CT molecular complexity index is 717. The number of aromatic nitrogens is 2. The lowest BCUT2D eigenvalue weighted by Crippen LogP contribution is -2.55. The fraction of sp³-hybridized carbons (Fsp3) is 0.533. The second kappa shape index (κ2) is 7.05. The van der Waals surface area contributed by atoms with E-state index in [4.69, 9.17) is 5.26 Å². The van der Waals surface area contributed by atoms with Crippen molar-refractivity contribution in [2.24, 2.45) is 4.99 Å². The van der Waals surface area contributed by atoms with Crippen molar-refractivity contribution in [1.29, 1.82) is 5.26 Å². The maximum absolute atomic E-state index is 11.4. The minimum Gasteiger partial charge on any atom is -0.465 e. The van der Waals surface area contributed by atoms with E-state index < -0.39 is 6.09 Å². The Hall–Kier alpha value is -2.34. The zero-order valence-corrected chi connectivity index (χ0v) is 14.2. The highest BCUT2D eigenvalue weighted by Gasteiger charge is 2.32. The Morgan fingerprint density at radius 3 is 3.04 bits per heavy atom. The standard InChI is InChI=1S/C15H18N6O2S/c1-24-14-18-12-8-17-5-3-11(12)13(19-14)20-6-7-21(15(22)23)10(9-20)2-4-16/h8,10H,2-3,5-7,9H2,1H3,(H,22,23)/t10-/m0/s1. The number of aliphatic imine (C=N–C) groups is 1. The van der Waals surface area contributed by atoms with Gasteiger partial charge >= 0.3 is 6.09 Å². The zero-order valence-electron chi connectivity index (χ0n) is 13.3. The van der Waals surface area contributed by atoms with Crippen molar-refractivity contribution in [3.05, 3.63) is 11.3 Å². The molecule has 0 aromatic carbocycles. The van der Waals surface area contributed by atoms with Crippen LogP contribution in [0.3, 0.4) is 0 Å². The van der Waals surface area contributed by atoms with Crippen molar-refractivity contribution in [3.63, 3.8) is 0 Å². The molecule has 3 heterocycles. The first-order chi connectivity index (χ1) is 11.6. The number of hydrogen-bond donors (Lipinski definition) is 1. The Morgan fingerprint density at radius 1 is 1.50 bits per heavy atom. The van der Waals surface area contributed by atoms with Crippen molar-refractivity contribution in [2.45, 2.75) is 24.0 Å². The molecule has 126 valence electrons. The van der Waals surface area contributed by atoms with Gasteiger partial charge in [0.05, 0.1) is 24.2 Å². The summed E-state index contributed by atoms with van der Waals surface area (Å²) in [5.74, 6) is 0.850. The van der Waals surface area contributed by atoms with Gasteiger partial charge in [-0.15, -0.1) is 0 Å². The third kappa shape index (κ3) is 3.14. The molecule has 1 N–H and O–H groups in total. The number of fused-ring (bicyclic) bond motifs is 1. The quantitative estimate of drug-likeness (QED) is 0.648. The number of piperazine rings is 1. The monoisotopic (exact) mass is 346 g/mol. The Balaban J connectivity index is 1.93. The molecule has 0 saturated carbocycles. The van der Waals surface area contributed by atoms with Crippen LogP contribution in [0.1, 0.15) is 17.7 Å². The first-order valence-corrected chi connectivity index (χ1v) is 8.92. The number of carbonyl (C=O) groups is 1. The predicted molar refractivity (Wildman–Crippen MR) is 90.9 cm³/mol. The maximum Gasteiger partial charge on any atom is 0.407 e. The van der Waals surface area contributed by atoms with E-state index in [1.807, 2.05) is 6.26 Å². The molecule has 1 aromatic heterocycles. The molecule has 0 radical (unpaired) electrons. The first kappa shape index (κ1) is 16.5. The minimum atomic E-state index is -0.975. The molecule has 0 spiro atoms. The van der Waals surface area contributed by atoms with Crippen molar-refractivity contribution in [1.82, 2.24) is 14.9 Å². The number of amides is 1. The van der Waals surface area contributed by atoms with Crippen LogP contribution in [0.4, 0.5) is 10.6 Å². The maximum atomic E-state index is 11.4. The normalized spacial score (nSPS) is 19.8. The third-order valence-electron chi connectivity index (χ3n) is 4.24. The van der Waals surface area contributed by atoms with Crippen LogP contribution < -0.4 is 4.90 Å². The van der Waals surface area contributed by atoms with Crippen molar-refractivity contribution in [3.8, 4) is 6.07 Å². The van der Waals surface area contributed by atoms with Gasteiger partial charge in [0.25, 0.3) is 0 Å². The summed E-state index contributed by atoms with van der Waals surface area (Å²) in [5.41, 5.74) is 1.90. The van der Waals surface area contributed by atoms with E-state index in [1.165, 1.54) is 16.7 Å². The van der Waals surface area contributed by atoms with Crippen LogP contribution in [0.15, 0.2) is 10.1 Å². The molecule has 8 nitrogen and oxygen atoms in total. The summed E-state index contributed by atoms with van der Waals surface area (Å²) in [6.45, 7) is 2.10. The summed E-state index contributed by atoms with van der Waals surface area (Å²) >= 11 is 1.47. The lowest BCUT2D eigenvalue weighted by Gasteiger charge is -2.40. The number of thioether (sulfide) groups is 1. The summed E-state index contributed by atoms with van der Waals surface area (Å²) in [6.07, 6.45) is 3.68. The van der Waals surface area contributed by atoms with Gasteiger partial charge in [0.15, 0.2) is 5.16 Å². The van der Waals surface area contributed by atoms with E-state index >= 15 is 0 Å². The minimum absolute atomic E-state index is 0.174. The van der Waals surface area contributed by atoms with Crippen LogP contribution in [0.2, 0.25) is 0 Å².